The van der Waals surface area contributed by atoms with Gasteiger partial charge in [-0.25, -0.2) is 0 Å². The molecular formula is C11H24N+. The fraction of sp³-hybridized carbons (Fsp3) is 1.00. The Bertz CT molecular complexity index is 123. The predicted molar refractivity (Wildman–Crippen MR) is 54.1 cm³/mol. The number of quaternary nitrogens is 1. The van der Waals surface area contributed by atoms with Gasteiger partial charge in [0.05, 0.1) is 27.2 Å². The SMILES string of the molecule is CC[N+](C)(C)CC1CCCCC1. The molecule has 1 fully saturated rings. The summed E-state index contributed by atoms with van der Waals surface area (Å²) in [6, 6.07) is 0. The third-order valence-corrected chi connectivity index (χ3v) is 3.33. The molecule has 0 aromatic heterocycles. The lowest BCUT2D eigenvalue weighted by Crippen LogP contribution is -2.43. The summed E-state index contributed by atoms with van der Waals surface area (Å²) in [6.07, 6.45) is 7.42. The molecule has 1 nitrogen and oxygen atoms in total. The first-order chi connectivity index (χ1) is 5.64. The van der Waals surface area contributed by atoms with E-state index in [-0.39, 0.29) is 0 Å². The average molecular weight is 170 g/mol. The van der Waals surface area contributed by atoms with E-state index in [1.165, 1.54) is 49.7 Å². The van der Waals surface area contributed by atoms with Crippen LogP contribution in [0.5, 0.6) is 0 Å². The molecule has 12 heavy (non-hydrogen) atoms. The summed E-state index contributed by atoms with van der Waals surface area (Å²) < 4.78 is 1.21. The third kappa shape index (κ3) is 3.14. The molecule has 0 aromatic rings. The summed E-state index contributed by atoms with van der Waals surface area (Å²) in [5, 5.41) is 0. The Labute approximate surface area is 77.4 Å². The van der Waals surface area contributed by atoms with E-state index < -0.39 is 0 Å². The number of rotatable bonds is 3. The van der Waals surface area contributed by atoms with E-state index in [0.29, 0.717) is 0 Å². The highest BCUT2D eigenvalue weighted by Crippen LogP contribution is 2.25. The van der Waals surface area contributed by atoms with Crippen LogP contribution >= 0.6 is 0 Å². The lowest BCUT2D eigenvalue weighted by Gasteiger charge is -2.33. The van der Waals surface area contributed by atoms with Crippen molar-refractivity contribution < 1.29 is 4.48 Å². The van der Waals surface area contributed by atoms with Crippen molar-refractivity contribution in [1.29, 1.82) is 0 Å². The molecule has 0 N–H and O–H groups in total. The molecule has 0 saturated heterocycles. The van der Waals surface area contributed by atoms with Crippen LogP contribution in [0, 0.1) is 5.92 Å². The van der Waals surface area contributed by atoms with E-state index in [9.17, 15) is 0 Å². The summed E-state index contributed by atoms with van der Waals surface area (Å²) in [5.41, 5.74) is 0. The van der Waals surface area contributed by atoms with Crippen LogP contribution in [0.4, 0.5) is 0 Å². The van der Waals surface area contributed by atoms with Crippen molar-refractivity contribution in [3.63, 3.8) is 0 Å². The van der Waals surface area contributed by atoms with Crippen molar-refractivity contribution in [1.82, 2.24) is 0 Å². The topological polar surface area (TPSA) is 0 Å². The Hall–Kier alpha value is -0.0400. The fourth-order valence-corrected chi connectivity index (χ4v) is 2.20. The first-order valence-electron chi connectivity index (χ1n) is 5.46. The second kappa shape index (κ2) is 4.27. The van der Waals surface area contributed by atoms with Crippen LogP contribution in [0.3, 0.4) is 0 Å². The first kappa shape index (κ1) is 10.0. The van der Waals surface area contributed by atoms with Gasteiger partial charge >= 0.3 is 0 Å². The molecule has 0 heterocycles. The van der Waals surface area contributed by atoms with Gasteiger partial charge in [0.25, 0.3) is 0 Å². The number of nitrogens with zero attached hydrogens (tertiary/aromatic N) is 1. The minimum atomic E-state index is 1.02. The molecule has 0 bridgehead atoms. The van der Waals surface area contributed by atoms with Gasteiger partial charge < -0.3 is 4.48 Å². The average Bonchev–Trinajstić information content (AvgIpc) is 2.06. The van der Waals surface area contributed by atoms with E-state index in [0.717, 1.165) is 5.92 Å². The van der Waals surface area contributed by atoms with Crippen molar-refractivity contribution in [2.45, 2.75) is 39.0 Å². The Morgan fingerprint density at radius 1 is 1.08 bits per heavy atom. The summed E-state index contributed by atoms with van der Waals surface area (Å²) in [4.78, 5) is 0. The second-order valence-corrected chi connectivity index (χ2v) is 4.94. The van der Waals surface area contributed by atoms with Gasteiger partial charge in [0, 0.05) is 5.92 Å². The maximum absolute atomic E-state index is 2.36. The maximum Gasteiger partial charge on any atom is 0.0810 e. The molecule has 1 saturated carbocycles. The minimum Gasteiger partial charge on any atom is -0.328 e. The Kier molecular flexibility index (Phi) is 3.57. The van der Waals surface area contributed by atoms with Crippen LogP contribution in [0.15, 0.2) is 0 Å². The van der Waals surface area contributed by atoms with Crippen molar-refractivity contribution >= 4 is 0 Å². The van der Waals surface area contributed by atoms with Crippen LogP contribution in [0.2, 0.25) is 0 Å². The van der Waals surface area contributed by atoms with Crippen molar-refractivity contribution in [2.75, 3.05) is 27.2 Å². The van der Waals surface area contributed by atoms with Gasteiger partial charge in [0.2, 0.25) is 0 Å². The van der Waals surface area contributed by atoms with Crippen molar-refractivity contribution in [2.24, 2.45) is 5.92 Å². The predicted octanol–water partition coefficient (Wildman–Crippen LogP) is 2.66. The molecule has 0 aromatic carbocycles. The Morgan fingerprint density at radius 3 is 2.17 bits per heavy atom. The molecule has 0 amide bonds. The molecule has 0 spiro atoms. The van der Waals surface area contributed by atoms with Crippen LogP contribution in [0.1, 0.15) is 39.0 Å². The smallest absolute Gasteiger partial charge is 0.0810 e. The number of hydrogen-bond donors (Lipinski definition) is 0. The Balaban J connectivity index is 2.28. The van der Waals surface area contributed by atoms with E-state index in [2.05, 4.69) is 21.0 Å². The van der Waals surface area contributed by atoms with E-state index >= 15 is 0 Å². The maximum atomic E-state index is 2.36. The molecule has 1 rings (SSSR count). The van der Waals surface area contributed by atoms with E-state index in [1.807, 2.05) is 0 Å². The van der Waals surface area contributed by atoms with Gasteiger partial charge in [-0.1, -0.05) is 19.3 Å². The molecule has 1 aliphatic carbocycles. The van der Waals surface area contributed by atoms with Crippen LogP contribution in [-0.4, -0.2) is 31.7 Å². The molecule has 1 aliphatic rings. The van der Waals surface area contributed by atoms with Gasteiger partial charge in [-0.3, -0.25) is 0 Å². The second-order valence-electron chi connectivity index (χ2n) is 4.94. The largest absolute Gasteiger partial charge is 0.328 e. The summed E-state index contributed by atoms with van der Waals surface area (Å²) >= 11 is 0. The lowest BCUT2D eigenvalue weighted by molar-refractivity contribution is -0.892. The zero-order valence-corrected chi connectivity index (χ0v) is 8.97. The quantitative estimate of drug-likeness (QED) is 0.571. The fourth-order valence-electron chi connectivity index (χ4n) is 2.20. The molecular weight excluding hydrogens is 146 g/mol. The summed E-state index contributed by atoms with van der Waals surface area (Å²) in [5.74, 6) is 1.02. The summed E-state index contributed by atoms with van der Waals surface area (Å²) in [6.45, 7) is 4.97. The van der Waals surface area contributed by atoms with Crippen molar-refractivity contribution in [3.05, 3.63) is 0 Å². The zero-order valence-electron chi connectivity index (χ0n) is 8.97. The van der Waals surface area contributed by atoms with Crippen LogP contribution in [0.25, 0.3) is 0 Å². The monoisotopic (exact) mass is 170 g/mol. The highest BCUT2D eigenvalue weighted by atomic mass is 15.3. The minimum absolute atomic E-state index is 1.02. The molecule has 72 valence electrons. The highest BCUT2D eigenvalue weighted by molar-refractivity contribution is 4.64. The van der Waals surface area contributed by atoms with E-state index in [4.69, 9.17) is 0 Å². The first-order valence-corrected chi connectivity index (χ1v) is 5.46. The normalized spacial score (nSPS) is 21.2. The zero-order chi connectivity index (χ0) is 9.03. The standard InChI is InChI=1S/C11H24N/c1-4-12(2,3)10-11-8-6-5-7-9-11/h11H,4-10H2,1-3H3/q+1. The van der Waals surface area contributed by atoms with Gasteiger partial charge in [0.15, 0.2) is 0 Å². The van der Waals surface area contributed by atoms with E-state index in [1.54, 1.807) is 0 Å². The summed E-state index contributed by atoms with van der Waals surface area (Å²) in [7, 11) is 4.71. The molecule has 0 radical (unpaired) electrons. The van der Waals surface area contributed by atoms with Crippen LogP contribution < -0.4 is 0 Å². The molecule has 0 atom stereocenters. The third-order valence-electron chi connectivity index (χ3n) is 3.33. The van der Waals surface area contributed by atoms with Gasteiger partial charge in [-0.2, -0.15) is 0 Å². The Morgan fingerprint density at radius 2 is 1.67 bits per heavy atom. The number of hydrogen-bond acceptors (Lipinski definition) is 0. The molecule has 1 heteroatoms. The molecule has 0 aliphatic heterocycles. The van der Waals surface area contributed by atoms with Gasteiger partial charge in [0.1, 0.15) is 0 Å². The van der Waals surface area contributed by atoms with Gasteiger partial charge in [-0.05, 0) is 19.8 Å². The lowest BCUT2D eigenvalue weighted by atomic mass is 9.88. The molecule has 0 unspecified atom stereocenters. The van der Waals surface area contributed by atoms with Crippen molar-refractivity contribution in [3.8, 4) is 0 Å². The van der Waals surface area contributed by atoms with Gasteiger partial charge in [-0.15, -0.1) is 0 Å². The van der Waals surface area contributed by atoms with Crippen LogP contribution in [-0.2, 0) is 0 Å². The highest BCUT2D eigenvalue weighted by Gasteiger charge is 2.21.